The van der Waals surface area contributed by atoms with Gasteiger partial charge in [0, 0.05) is 39.4 Å². The second-order valence-electron chi connectivity index (χ2n) is 13.2. The number of hydrogen-bond acceptors (Lipinski definition) is 7. The van der Waals surface area contributed by atoms with Crippen LogP contribution in [-0.4, -0.2) is 29.9 Å². The molecule has 4 aromatic heterocycles. The molecule has 0 saturated heterocycles. The summed E-state index contributed by atoms with van der Waals surface area (Å²) in [6.07, 6.45) is 3.59. The number of hydrogen-bond donors (Lipinski definition) is 0. The van der Waals surface area contributed by atoms with E-state index in [1.165, 1.54) is 5.56 Å². The van der Waals surface area contributed by atoms with Crippen molar-refractivity contribution in [2.24, 2.45) is 0 Å². The second-order valence-corrected chi connectivity index (χ2v) is 14.2. The topological polar surface area (TPSA) is 77.3 Å². The summed E-state index contributed by atoms with van der Waals surface area (Å²) < 4.78 is 1.02. The molecule has 4 heterocycles. The van der Waals surface area contributed by atoms with Crippen LogP contribution < -0.4 is 0 Å². The highest BCUT2D eigenvalue weighted by Gasteiger charge is 2.17. The molecule has 7 heteroatoms. The average molecular weight is 723 g/mol. The van der Waals surface area contributed by atoms with Gasteiger partial charge in [-0.25, -0.2) is 29.9 Å². The van der Waals surface area contributed by atoms with Gasteiger partial charge in [0.25, 0.3) is 0 Å². The Morgan fingerprint density at radius 2 is 0.818 bits per heavy atom. The summed E-state index contributed by atoms with van der Waals surface area (Å²) in [6, 6.07) is 58.2. The van der Waals surface area contributed by atoms with Gasteiger partial charge in [0.05, 0.1) is 15.9 Å². The van der Waals surface area contributed by atoms with Crippen molar-refractivity contribution in [3.8, 4) is 78.8 Å². The molecule has 0 aliphatic rings. The summed E-state index contributed by atoms with van der Waals surface area (Å²) in [5.74, 6) is 1.86. The number of benzene rings is 6. The molecular formula is C48H30N6S. The van der Waals surface area contributed by atoms with Crippen LogP contribution in [0.4, 0.5) is 0 Å². The molecule has 10 aromatic rings. The van der Waals surface area contributed by atoms with Crippen molar-refractivity contribution in [1.82, 2.24) is 29.9 Å². The van der Waals surface area contributed by atoms with E-state index in [-0.39, 0.29) is 0 Å². The molecule has 0 aliphatic carbocycles. The maximum atomic E-state index is 5.01. The van der Waals surface area contributed by atoms with Crippen LogP contribution in [0.3, 0.4) is 0 Å². The van der Waals surface area contributed by atoms with Crippen LogP contribution in [-0.2, 0) is 0 Å². The summed E-state index contributed by atoms with van der Waals surface area (Å²) in [6.45, 7) is 0. The van der Waals surface area contributed by atoms with Crippen LogP contribution in [0.1, 0.15) is 0 Å². The fraction of sp³-hybridized carbons (Fsp3) is 0. The van der Waals surface area contributed by atoms with Crippen molar-refractivity contribution in [3.05, 3.63) is 182 Å². The Morgan fingerprint density at radius 1 is 0.345 bits per heavy atom. The number of fused-ring (bicyclic) bond motifs is 3. The molecule has 55 heavy (non-hydrogen) atoms. The average Bonchev–Trinajstić information content (AvgIpc) is 3.66. The number of nitrogens with zero attached hydrogens (tertiary/aromatic N) is 6. The van der Waals surface area contributed by atoms with E-state index < -0.39 is 0 Å². The van der Waals surface area contributed by atoms with Gasteiger partial charge in [0.15, 0.2) is 17.5 Å². The van der Waals surface area contributed by atoms with Crippen LogP contribution in [0.2, 0.25) is 0 Å². The lowest BCUT2D eigenvalue weighted by Crippen LogP contribution is -2.00. The minimum absolute atomic E-state index is 0.610. The Bertz CT molecular complexity index is 2970. The van der Waals surface area contributed by atoms with Gasteiger partial charge in [-0.1, -0.05) is 152 Å². The highest BCUT2D eigenvalue weighted by Crippen LogP contribution is 2.39. The molecule has 10 rings (SSSR count). The van der Waals surface area contributed by atoms with Gasteiger partial charge in [-0.15, -0.1) is 11.3 Å². The molecule has 258 valence electrons. The molecule has 0 bridgehead atoms. The molecule has 6 aromatic carbocycles. The largest absolute Gasteiger partial charge is 0.245 e. The zero-order chi connectivity index (χ0) is 36.6. The Kier molecular flexibility index (Phi) is 8.24. The van der Waals surface area contributed by atoms with Gasteiger partial charge in [0.2, 0.25) is 0 Å². The third-order valence-electron chi connectivity index (χ3n) is 9.72. The molecular weight excluding hydrogens is 693 g/mol. The van der Waals surface area contributed by atoms with Gasteiger partial charge >= 0.3 is 0 Å². The predicted molar refractivity (Wildman–Crippen MR) is 224 cm³/mol. The summed E-state index contributed by atoms with van der Waals surface area (Å²) in [7, 11) is 0. The lowest BCUT2D eigenvalue weighted by atomic mass is 10.0. The highest BCUT2D eigenvalue weighted by atomic mass is 32.1. The summed E-state index contributed by atoms with van der Waals surface area (Å²) >= 11 is 1.63. The minimum Gasteiger partial charge on any atom is -0.245 e. The first-order valence-electron chi connectivity index (χ1n) is 18.0. The fourth-order valence-corrected chi connectivity index (χ4v) is 8.02. The summed E-state index contributed by atoms with van der Waals surface area (Å²) in [5.41, 5.74) is 12.2. The van der Waals surface area contributed by atoms with Crippen molar-refractivity contribution >= 4 is 31.8 Å². The molecule has 6 nitrogen and oxygen atoms in total. The molecule has 0 spiro atoms. The van der Waals surface area contributed by atoms with E-state index in [2.05, 4.69) is 115 Å². The zero-order valence-corrected chi connectivity index (χ0v) is 30.2. The van der Waals surface area contributed by atoms with E-state index in [9.17, 15) is 0 Å². The standard InChI is InChI=1S/C48H30N6S/c1-4-12-31(13-5-1)36-18-10-20-38(26-36)42-44-43(51-30-50-42)41-28-40(29-49-48(41)55-44)33-22-24-35(25-23-33)46-52-45(34-16-8-3-9-17-34)53-47(54-46)39-21-11-19-37(27-39)32-14-6-2-7-15-32/h1-30H. The van der Waals surface area contributed by atoms with Crippen LogP contribution in [0.25, 0.3) is 99.2 Å². The Labute approximate surface area is 321 Å². The van der Waals surface area contributed by atoms with E-state index in [1.807, 2.05) is 60.8 Å². The second kappa shape index (κ2) is 14.0. The number of thiophene rings is 1. The zero-order valence-electron chi connectivity index (χ0n) is 29.4. The third kappa shape index (κ3) is 6.33. The monoisotopic (exact) mass is 722 g/mol. The number of pyridine rings is 1. The Hall–Kier alpha value is -7.22. The molecule has 0 unspecified atom stereocenters. The van der Waals surface area contributed by atoms with Crippen molar-refractivity contribution in [2.75, 3.05) is 0 Å². The SMILES string of the molecule is c1ccc(-c2cccc(-c3nc(-c4ccccc4)nc(-c4ccc(-c5cnc6sc7c(-c8cccc(-c9ccccc9)c8)ncnc7c6c5)cc4)n3)c2)cc1. The maximum absolute atomic E-state index is 5.01. The van der Waals surface area contributed by atoms with Crippen molar-refractivity contribution in [2.45, 2.75) is 0 Å². The Morgan fingerprint density at radius 3 is 1.45 bits per heavy atom. The van der Waals surface area contributed by atoms with E-state index in [1.54, 1.807) is 17.7 Å². The predicted octanol–water partition coefficient (Wildman–Crippen LogP) is 12.1. The minimum atomic E-state index is 0.610. The quantitative estimate of drug-likeness (QED) is 0.163. The van der Waals surface area contributed by atoms with Crippen LogP contribution >= 0.6 is 11.3 Å². The normalized spacial score (nSPS) is 11.3. The molecule has 0 radical (unpaired) electrons. The first kappa shape index (κ1) is 32.4. The van der Waals surface area contributed by atoms with Gasteiger partial charge in [-0.3, -0.25) is 0 Å². The van der Waals surface area contributed by atoms with E-state index >= 15 is 0 Å². The highest BCUT2D eigenvalue weighted by molar-refractivity contribution is 7.25. The molecule has 0 aliphatic heterocycles. The fourth-order valence-electron chi connectivity index (χ4n) is 6.93. The maximum Gasteiger partial charge on any atom is 0.164 e. The number of aromatic nitrogens is 6. The molecule has 0 fully saturated rings. The van der Waals surface area contributed by atoms with Crippen molar-refractivity contribution in [3.63, 3.8) is 0 Å². The molecule has 0 N–H and O–H groups in total. The Balaban J connectivity index is 1.00. The van der Waals surface area contributed by atoms with E-state index in [0.29, 0.717) is 17.5 Å². The van der Waals surface area contributed by atoms with Gasteiger partial charge < -0.3 is 0 Å². The van der Waals surface area contributed by atoms with Gasteiger partial charge in [-0.2, -0.15) is 0 Å². The van der Waals surface area contributed by atoms with Crippen molar-refractivity contribution < 1.29 is 0 Å². The first-order valence-corrected chi connectivity index (χ1v) is 18.8. The van der Waals surface area contributed by atoms with Crippen molar-refractivity contribution in [1.29, 1.82) is 0 Å². The van der Waals surface area contributed by atoms with Gasteiger partial charge in [0.1, 0.15) is 11.2 Å². The molecule has 0 saturated carbocycles. The lowest BCUT2D eigenvalue weighted by molar-refractivity contribution is 1.07. The molecule has 0 atom stereocenters. The smallest absolute Gasteiger partial charge is 0.164 e. The van der Waals surface area contributed by atoms with Crippen LogP contribution in [0, 0.1) is 0 Å². The van der Waals surface area contributed by atoms with Gasteiger partial charge in [-0.05, 0) is 46.0 Å². The first-order chi connectivity index (χ1) is 27.2. The summed E-state index contributed by atoms with van der Waals surface area (Å²) in [4.78, 5) is 30.3. The summed E-state index contributed by atoms with van der Waals surface area (Å²) in [5, 5.41) is 1.01. The van der Waals surface area contributed by atoms with E-state index in [4.69, 9.17) is 29.9 Å². The number of rotatable bonds is 7. The molecule has 0 amide bonds. The third-order valence-corrected chi connectivity index (χ3v) is 10.8. The lowest BCUT2D eigenvalue weighted by Gasteiger charge is -2.10. The van der Waals surface area contributed by atoms with Crippen LogP contribution in [0.15, 0.2) is 182 Å². The van der Waals surface area contributed by atoms with E-state index in [0.717, 1.165) is 76.2 Å². The van der Waals surface area contributed by atoms with Crippen LogP contribution in [0.5, 0.6) is 0 Å².